The number of nitrogens with zero attached hydrogens (tertiary/aromatic N) is 3. The van der Waals surface area contributed by atoms with Crippen LogP contribution in [0.5, 0.6) is 0 Å². The monoisotopic (exact) mass is 251 g/mol. The molecule has 0 saturated heterocycles. The van der Waals surface area contributed by atoms with Crippen LogP contribution in [0.1, 0.15) is 31.3 Å². The number of aliphatic carboxylic acids is 1. The topological polar surface area (TPSA) is 83.4 Å². The summed E-state index contributed by atoms with van der Waals surface area (Å²) < 4.78 is 0. The Bertz CT molecular complexity index is 426. The van der Waals surface area contributed by atoms with Crippen molar-refractivity contribution in [1.29, 1.82) is 0 Å². The van der Waals surface area contributed by atoms with E-state index >= 15 is 0 Å². The summed E-state index contributed by atoms with van der Waals surface area (Å²) in [6, 6.07) is 0. The molecule has 18 heavy (non-hydrogen) atoms. The molecule has 6 heteroatoms. The number of rotatable bonds is 4. The molecule has 1 N–H and O–H groups in total. The van der Waals surface area contributed by atoms with Gasteiger partial charge in [0.05, 0.1) is 6.20 Å². The Balaban J connectivity index is 2.89. The summed E-state index contributed by atoms with van der Waals surface area (Å²) in [5.74, 6) is -1.46. The third kappa shape index (κ3) is 4.48. The zero-order valence-electron chi connectivity index (χ0n) is 10.8. The van der Waals surface area contributed by atoms with Crippen LogP contribution in [0, 0.1) is 5.41 Å². The molecule has 98 valence electrons. The van der Waals surface area contributed by atoms with Gasteiger partial charge in [-0.15, -0.1) is 0 Å². The lowest BCUT2D eigenvalue weighted by Gasteiger charge is -2.28. The Kier molecular flexibility index (Phi) is 4.36. The summed E-state index contributed by atoms with van der Waals surface area (Å²) in [6.45, 7) is 5.81. The highest BCUT2D eigenvalue weighted by Gasteiger charge is 2.24. The minimum absolute atomic E-state index is 0.156. The molecule has 0 aliphatic carbocycles. The maximum absolute atomic E-state index is 12.1. The van der Waals surface area contributed by atoms with E-state index in [1.807, 2.05) is 20.8 Å². The minimum atomic E-state index is -1.04. The van der Waals surface area contributed by atoms with E-state index in [0.717, 1.165) is 0 Å². The molecule has 0 bridgehead atoms. The van der Waals surface area contributed by atoms with Gasteiger partial charge >= 0.3 is 5.97 Å². The second-order valence-electron chi connectivity index (χ2n) is 5.21. The Labute approximate surface area is 106 Å². The molecule has 0 spiro atoms. The van der Waals surface area contributed by atoms with Crippen LogP contribution < -0.4 is 0 Å². The lowest BCUT2D eigenvalue weighted by Crippen LogP contribution is -2.41. The van der Waals surface area contributed by atoms with Crippen LogP contribution in [0.3, 0.4) is 0 Å². The van der Waals surface area contributed by atoms with Crippen molar-refractivity contribution >= 4 is 11.9 Å². The van der Waals surface area contributed by atoms with Crippen molar-refractivity contribution in [1.82, 2.24) is 14.9 Å². The van der Waals surface area contributed by atoms with Crippen molar-refractivity contribution in [3.05, 3.63) is 24.3 Å². The summed E-state index contributed by atoms with van der Waals surface area (Å²) >= 11 is 0. The summed E-state index contributed by atoms with van der Waals surface area (Å²) in [5.41, 5.74) is -0.0316. The van der Waals surface area contributed by atoms with E-state index in [1.165, 1.54) is 23.5 Å². The Morgan fingerprint density at radius 1 is 1.33 bits per heavy atom. The largest absolute Gasteiger partial charge is 0.480 e. The quantitative estimate of drug-likeness (QED) is 0.864. The minimum Gasteiger partial charge on any atom is -0.480 e. The lowest BCUT2D eigenvalue weighted by atomic mass is 9.96. The van der Waals surface area contributed by atoms with E-state index < -0.39 is 11.9 Å². The summed E-state index contributed by atoms with van der Waals surface area (Å²) in [5, 5.41) is 8.85. The first kappa shape index (κ1) is 14.1. The van der Waals surface area contributed by atoms with Crippen molar-refractivity contribution in [3.63, 3.8) is 0 Å². The number of hydrogen-bond acceptors (Lipinski definition) is 4. The first-order chi connectivity index (χ1) is 8.29. The molecule has 1 heterocycles. The van der Waals surface area contributed by atoms with Gasteiger partial charge in [0.2, 0.25) is 0 Å². The third-order valence-electron chi connectivity index (χ3n) is 2.06. The zero-order chi connectivity index (χ0) is 13.8. The maximum atomic E-state index is 12.1. The molecule has 0 aliphatic heterocycles. The number of hydrogen-bond donors (Lipinski definition) is 1. The molecular formula is C12H17N3O3. The molecule has 1 aromatic heterocycles. The van der Waals surface area contributed by atoms with Gasteiger partial charge in [-0.2, -0.15) is 0 Å². The number of carboxylic acids is 1. The first-order valence-corrected chi connectivity index (χ1v) is 5.57. The van der Waals surface area contributed by atoms with E-state index in [4.69, 9.17) is 5.11 Å². The Hall–Kier alpha value is -1.98. The van der Waals surface area contributed by atoms with Gasteiger partial charge in [0, 0.05) is 18.9 Å². The van der Waals surface area contributed by atoms with Gasteiger partial charge in [-0.1, -0.05) is 20.8 Å². The number of amides is 1. The summed E-state index contributed by atoms with van der Waals surface area (Å²) in [4.78, 5) is 31.9. The number of carbonyl (C=O) groups excluding carboxylic acids is 1. The van der Waals surface area contributed by atoms with Gasteiger partial charge in [0.25, 0.3) is 5.91 Å². The molecule has 1 amide bonds. The van der Waals surface area contributed by atoms with Crippen molar-refractivity contribution < 1.29 is 14.7 Å². The molecule has 1 rings (SSSR count). The van der Waals surface area contributed by atoms with Crippen molar-refractivity contribution in [2.24, 2.45) is 5.41 Å². The van der Waals surface area contributed by atoms with Crippen LogP contribution in [0.25, 0.3) is 0 Å². The summed E-state index contributed by atoms with van der Waals surface area (Å²) in [6.07, 6.45) is 4.20. The standard InChI is InChI=1S/C12H17N3O3/c1-12(2,3)8-15(7-10(16)17)11(18)9-6-13-4-5-14-9/h4-6H,7-8H2,1-3H3,(H,16,17). The Morgan fingerprint density at radius 2 is 2.00 bits per heavy atom. The maximum Gasteiger partial charge on any atom is 0.323 e. The van der Waals surface area contributed by atoms with Gasteiger partial charge in [-0.3, -0.25) is 14.6 Å². The fourth-order valence-corrected chi connectivity index (χ4v) is 1.51. The Morgan fingerprint density at radius 3 is 2.44 bits per heavy atom. The van der Waals surface area contributed by atoms with Gasteiger partial charge < -0.3 is 10.0 Å². The second kappa shape index (κ2) is 5.57. The van der Waals surface area contributed by atoms with Crippen LogP contribution in [0.4, 0.5) is 0 Å². The van der Waals surface area contributed by atoms with E-state index in [0.29, 0.717) is 6.54 Å². The van der Waals surface area contributed by atoms with Gasteiger partial charge in [-0.05, 0) is 5.41 Å². The molecule has 0 saturated carbocycles. The molecule has 0 aromatic carbocycles. The van der Waals surface area contributed by atoms with Crippen molar-refractivity contribution in [2.45, 2.75) is 20.8 Å². The van der Waals surface area contributed by atoms with Gasteiger partial charge in [0.15, 0.2) is 0 Å². The number of aromatic nitrogens is 2. The molecule has 0 atom stereocenters. The first-order valence-electron chi connectivity index (χ1n) is 5.57. The SMILES string of the molecule is CC(C)(C)CN(CC(=O)O)C(=O)c1cnccn1. The molecule has 6 nitrogen and oxygen atoms in total. The van der Waals surface area contributed by atoms with Crippen molar-refractivity contribution in [2.75, 3.05) is 13.1 Å². The third-order valence-corrected chi connectivity index (χ3v) is 2.06. The fraction of sp³-hybridized carbons (Fsp3) is 0.500. The highest BCUT2D eigenvalue weighted by molar-refractivity contribution is 5.93. The van der Waals surface area contributed by atoms with E-state index in [2.05, 4.69) is 9.97 Å². The van der Waals surface area contributed by atoms with Crippen LogP contribution in [0.2, 0.25) is 0 Å². The lowest BCUT2D eigenvalue weighted by molar-refractivity contribution is -0.138. The molecule has 0 fully saturated rings. The van der Waals surface area contributed by atoms with Crippen LogP contribution in [-0.4, -0.2) is 44.9 Å². The highest BCUT2D eigenvalue weighted by atomic mass is 16.4. The average Bonchev–Trinajstić information content (AvgIpc) is 2.26. The second-order valence-corrected chi connectivity index (χ2v) is 5.21. The average molecular weight is 251 g/mol. The van der Waals surface area contributed by atoms with Crippen LogP contribution in [-0.2, 0) is 4.79 Å². The van der Waals surface area contributed by atoms with E-state index in [1.54, 1.807) is 0 Å². The molecule has 0 unspecified atom stereocenters. The highest BCUT2D eigenvalue weighted by Crippen LogP contribution is 2.16. The fourth-order valence-electron chi connectivity index (χ4n) is 1.51. The molecule has 0 radical (unpaired) electrons. The van der Waals surface area contributed by atoms with Crippen LogP contribution in [0.15, 0.2) is 18.6 Å². The summed E-state index contributed by atoms with van der Waals surface area (Å²) in [7, 11) is 0. The smallest absolute Gasteiger partial charge is 0.323 e. The van der Waals surface area contributed by atoms with E-state index in [9.17, 15) is 9.59 Å². The van der Waals surface area contributed by atoms with Crippen LogP contribution >= 0.6 is 0 Å². The van der Waals surface area contributed by atoms with Crippen molar-refractivity contribution in [3.8, 4) is 0 Å². The zero-order valence-corrected chi connectivity index (χ0v) is 10.8. The molecule has 1 aromatic rings. The van der Waals surface area contributed by atoms with E-state index in [-0.39, 0.29) is 17.7 Å². The number of carboxylic acid groups (broad SMARTS) is 1. The molecule has 0 aliphatic rings. The van der Waals surface area contributed by atoms with Gasteiger partial charge in [0.1, 0.15) is 12.2 Å². The predicted octanol–water partition coefficient (Wildman–Crippen LogP) is 1.05. The number of carbonyl (C=O) groups is 2. The normalized spacial score (nSPS) is 11.1. The van der Waals surface area contributed by atoms with Gasteiger partial charge in [-0.25, -0.2) is 4.98 Å². The molecular weight excluding hydrogens is 234 g/mol. The predicted molar refractivity (Wildman–Crippen MR) is 65.0 cm³/mol.